The van der Waals surface area contributed by atoms with Gasteiger partial charge in [0, 0.05) is 0 Å². The SMILES string of the molecule is c1ccc(-c2nc(-c3ccccc3)nc(-c3cccc4ccc5c(c34)[Se]=C(c3ccc4ccccc4c3)N5)n2)cc1. The van der Waals surface area contributed by atoms with Crippen LogP contribution in [0.25, 0.3) is 55.7 Å². The molecule has 1 radical (unpaired) electrons. The average Bonchev–Trinajstić information content (AvgIpc) is 3.50. The Labute approximate surface area is 243 Å². The Balaban J connectivity index is 1.33. The van der Waals surface area contributed by atoms with Crippen molar-refractivity contribution in [3.8, 4) is 34.2 Å². The van der Waals surface area contributed by atoms with Crippen LogP contribution in [0, 0.1) is 0 Å². The van der Waals surface area contributed by atoms with Crippen molar-refractivity contribution in [3.05, 3.63) is 139 Å². The number of nitrogens with zero attached hydrogens (tertiary/aromatic N) is 3. The Bertz CT molecular complexity index is 2060. The van der Waals surface area contributed by atoms with E-state index in [4.69, 9.17) is 15.0 Å². The van der Waals surface area contributed by atoms with Gasteiger partial charge in [-0.3, -0.25) is 0 Å². The molecule has 4 nitrogen and oxygen atoms in total. The fourth-order valence-corrected chi connectivity index (χ4v) is 7.83. The van der Waals surface area contributed by atoms with Crippen molar-refractivity contribution in [3.63, 3.8) is 0 Å². The maximum absolute atomic E-state index is 5.04. The molecule has 0 saturated heterocycles. The van der Waals surface area contributed by atoms with Crippen LogP contribution in [0.3, 0.4) is 0 Å². The number of rotatable bonds is 4. The van der Waals surface area contributed by atoms with Crippen molar-refractivity contribution in [1.82, 2.24) is 15.0 Å². The van der Waals surface area contributed by atoms with E-state index in [0.29, 0.717) is 17.5 Å². The Morgan fingerprint density at radius 2 is 1.07 bits per heavy atom. The standard InChI is InChI=1S/C36H23N4Se/c1-3-11-25(12-4-1)33-38-34(26-13-5-2-6-14-26)40-35(39-33)29-17-9-16-24-20-21-30-32(31(24)29)41-36(37-30)28-19-18-23-10-7-8-15-27(23)22-28/h1-22,37H. The monoisotopic (exact) mass is 591 g/mol. The van der Waals surface area contributed by atoms with E-state index in [1.807, 2.05) is 60.7 Å². The summed E-state index contributed by atoms with van der Waals surface area (Å²) < 4.78 is 2.60. The molecule has 0 unspecified atom stereocenters. The van der Waals surface area contributed by atoms with Crippen LogP contribution >= 0.6 is 0 Å². The van der Waals surface area contributed by atoms with Gasteiger partial charge in [0.05, 0.1) is 0 Å². The second kappa shape index (κ2) is 9.90. The summed E-state index contributed by atoms with van der Waals surface area (Å²) in [7, 11) is 0. The van der Waals surface area contributed by atoms with Gasteiger partial charge in [-0.2, -0.15) is 0 Å². The predicted octanol–water partition coefficient (Wildman–Crippen LogP) is 7.11. The molecular formula is C36H23N4Se. The van der Waals surface area contributed by atoms with Gasteiger partial charge in [-0.1, -0.05) is 0 Å². The number of benzene rings is 6. The molecule has 0 fully saturated rings. The van der Waals surface area contributed by atoms with E-state index in [0.717, 1.165) is 22.4 Å². The molecule has 7 aromatic rings. The van der Waals surface area contributed by atoms with Crippen molar-refractivity contribution in [1.29, 1.82) is 0 Å². The zero-order valence-electron chi connectivity index (χ0n) is 22.0. The number of anilines is 1. The van der Waals surface area contributed by atoms with Crippen LogP contribution in [0.15, 0.2) is 133 Å². The first-order chi connectivity index (χ1) is 20.3. The summed E-state index contributed by atoms with van der Waals surface area (Å²) in [6, 6.07) is 46.4. The van der Waals surface area contributed by atoms with Gasteiger partial charge < -0.3 is 0 Å². The molecule has 0 atom stereocenters. The summed E-state index contributed by atoms with van der Waals surface area (Å²) in [4.78, 5) is 15.0. The molecule has 1 N–H and O–H groups in total. The minimum atomic E-state index is 0.0882. The quantitative estimate of drug-likeness (QED) is 0.222. The van der Waals surface area contributed by atoms with Gasteiger partial charge in [-0.15, -0.1) is 0 Å². The molecule has 0 bridgehead atoms. The summed E-state index contributed by atoms with van der Waals surface area (Å²) in [6.07, 6.45) is 0. The predicted molar refractivity (Wildman–Crippen MR) is 171 cm³/mol. The third kappa shape index (κ3) is 4.33. The van der Waals surface area contributed by atoms with Gasteiger partial charge in [-0.05, 0) is 0 Å². The van der Waals surface area contributed by atoms with Crippen LogP contribution in [0.5, 0.6) is 0 Å². The van der Waals surface area contributed by atoms with Crippen LogP contribution in [-0.4, -0.2) is 34.0 Å². The van der Waals surface area contributed by atoms with E-state index in [-0.39, 0.29) is 14.5 Å². The van der Waals surface area contributed by atoms with Crippen molar-refractivity contribution < 1.29 is 0 Å². The topological polar surface area (TPSA) is 50.7 Å². The van der Waals surface area contributed by atoms with Gasteiger partial charge in [0.2, 0.25) is 0 Å². The molecule has 0 saturated carbocycles. The molecule has 0 aliphatic carbocycles. The molecule has 8 rings (SSSR count). The van der Waals surface area contributed by atoms with Crippen LogP contribution in [-0.2, 0) is 0 Å². The van der Waals surface area contributed by atoms with E-state index in [2.05, 4.69) is 78.1 Å². The number of hydrogen-bond donors (Lipinski definition) is 1. The fourth-order valence-electron chi connectivity index (χ4n) is 5.38. The molecule has 2 heterocycles. The Morgan fingerprint density at radius 3 is 1.80 bits per heavy atom. The van der Waals surface area contributed by atoms with Crippen molar-refractivity contribution >= 4 is 50.8 Å². The normalized spacial score (nSPS) is 12.2. The summed E-state index contributed by atoms with van der Waals surface area (Å²) in [5.41, 5.74) is 5.37. The summed E-state index contributed by atoms with van der Waals surface area (Å²) in [6.45, 7) is 0. The number of fused-ring (bicyclic) bond motifs is 4. The summed E-state index contributed by atoms with van der Waals surface area (Å²) >= 11 is 0.0882. The summed E-state index contributed by atoms with van der Waals surface area (Å²) in [5, 5.41) is 8.65. The Hall–Kier alpha value is -4.96. The van der Waals surface area contributed by atoms with E-state index in [1.165, 1.54) is 36.1 Å². The third-order valence-corrected chi connectivity index (χ3v) is 9.86. The Morgan fingerprint density at radius 1 is 0.463 bits per heavy atom. The zero-order chi connectivity index (χ0) is 27.2. The molecule has 0 amide bonds. The van der Waals surface area contributed by atoms with E-state index < -0.39 is 0 Å². The number of hydrogen-bond acceptors (Lipinski definition) is 4. The first-order valence-electron chi connectivity index (χ1n) is 13.5. The molecular weight excluding hydrogens is 567 g/mol. The van der Waals surface area contributed by atoms with Crippen molar-refractivity contribution in [2.75, 3.05) is 5.32 Å². The summed E-state index contributed by atoms with van der Waals surface area (Å²) in [5.74, 6) is 2.03. The number of nitrogens with one attached hydrogen (secondary N) is 1. The molecule has 1 aliphatic rings. The van der Waals surface area contributed by atoms with Crippen LogP contribution in [0.1, 0.15) is 5.56 Å². The molecule has 1 aromatic heterocycles. The average molecular weight is 591 g/mol. The third-order valence-electron chi connectivity index (χ3n) is 7.40. The molecule has 5 heteroatoms. The van der Waals surface area contributed by atoms with Gasteiger partial charge in [0.15, 0.2) is 0 Å². The van der Waals surface area contributed by atoms with Gasteiger partial charge in [0.1, 0.15) is 0 Å². The zero-order valence-corrected chi connectivity index (χ0v) is 23.7. The second-order valence-electron chi connectivity index (χ2n) is 10.0. The van der Waals surface area contributed by atoms with Gasteiger partial charge in [-0.25, -0.2) is 0 Å². The van der Waals surface area contributed by atoms with Crippen molar-refractivity contribution in [2.45, 2.75) is 0 Å². The van der Waals surface area contributed by atoms with E-state index in [9.17, 15) is 0 Å². The van der Waals surface area contributed by atoms with Crippen LogP contribution in [0.2, 0.25) is 0 Å². The first-order valence-corrected chi connectivity index (χ1v) is 15.3. The maximum atomic E-state index is 5.04. The molecule has 1 aliphatic heterocycles. The first kappa shape index (κ1) is 23.9. The van der Waals surface area contributed by atoms with Crippen molar-refractivity contribution in [2.24, 2.45) is 0 Å². The second-order valence-corrected chi connectivity index (χ2v) is 12.1. The number of aromatic nitrogens is 3. The minimum absolute atomic E-state index is 0.0882. The van der Waals surface area contributed by atoms with Gasteiger partial charge in [0.25, 0.3) is 0 Å². The fraction of sp³-hybridized carbons (Fsp3) is 0. The van der Waals surface area contributed by atoms with E-state index in [1.54, 1.807) is 0 Å². The Kier molecular flexibility index (Phi) is 5.77. The van der Waals surface area contributed by atoms with E-state index >= 15 is 0 Å². The molecule has 41 heavy (non-hydrogen) atoms. The molecule has 6 aromatic carbocycles. The molecule has 193 valence electrons. The van der Waals surface area contributed by atoms with Crippen LogP contribution < -0.4 is 9.78 Å². The molecule has 0 spiro atoms. The van der Waals surface area contributed by atoms with Crippen LogP contribution in [0.4, 0.5) is 5.69 Å². The van der Waals surface area contributed by atoms with Gasteiger partial charge >= 0.3 is 244 Å².